The second-order valence-corrected chi connectivity index (χ2v) is 4.25. The molecule has 0 aromatic heterocycles. The van der Waals surface area contributed by atoms with Crippen molar-refractivity contribution in [3.05, 3.63) is 0 Å². The molecule has 3 amide bonds. The van der Waals surface area contributed by atoms with Gasteiger partial charge in [0.05, 0.1) is 0 Å². The predicted molar refractivity (Wildman–Crippen MR) is 58.2 cm³/mol. The summed E-state index contributed by atoms with van der Waals surface area (Å²) in [6.45, 7) is 9.29. The Morgan fingerprint density at radius 3 is 1.94 bits per heavy atom. The summed E-state index contributed by atoms with van der Waals surface area (Å²) in [5, 5.41) is 9.35. The first-order chi connectivity index (χ1) is 7.22. The van der Waals surface area contributed by atoms with Crippen LogP contribution in [0.15, 0.2) is 0 Å². The van der Waals surface area contributed by atoms with Gasteiger partial charge in [-0.1, -0.05) is 0 Å². The molecule has 0 aromatic rings. The van der Waals surface area contributed by atoms with Gasteiger partial charge >= 0.3 is 12.1 Å². The second-order valence-electron chi connectivity index (χ2n) is 4.25. The van der Waals surface area contributed by atoms with Crippen LogP contribution in [0.25, 0.3) is 0 Å². The van der Waals surface area contributed by atoms with Gasteiger partial charge in [0, 0.05) is 13.1 Å². The van der Waals surface area contributed by atoms with Crippen LogP contribution in [-0.4, -0.2) is 46.0 Å². The average Bonchev–Trinajstić information content (AvgIpc) is 2.15. The van der Waals surface area contributed by atoms with Crippen molar-refractivity contribution in [2.45, 2.75) is 40.2 Å². The van der Waals surface area contributed by atoms with Crippen LogP contribution in [0.1, 0.15) is 34.6 Å². The highest BCUT2D eigenvalue weighted by Gasteiger charge is 2.28. The zero-order valence-electron chi connectivity index (χ0n) is 10.5. The fourth-order valence-corrected chi connectivity index (χ4v) is 1.01. The van der Waals surface area contributed by atoms with Crippen molar-refractivity contribution >= 4 is 12.1 Å². The zero-order valence-corrected chi connectivity index (χ0v) is 10.5. The lowest BCUT2D eigenvalue weighted by atomic mass is 10.2. The predicted octanol–water partition coefficient (Wildman–Crippen LogP) is 2.07. The largest absolute Gasteiger partial charge is 0.443 e. The first-order valence-electron chi connectivity index (χ1n) is 5.23. The molecule has 6 heteroatoms. The van der Waals surface area contributed by atoms with Crippen LogP contribution in [0.4, 0.5) is 9.59 Å². The number of ether oxygens (including phenoxy) is 1. The van der Waals surface area contributed by atoms with Gasteiger partial charge in [0.2, 0.25) is 0 Å². The third-order valence-corrected chi connectivity index (χ3v) is 1.78. The number of rotatable bonds is 2. The summed E-state index contributed by atoms with van der Waals surface area (Å²) in [6, 6.07) is -0.778. The topological polar surface area (TPSA) is 70.1 Å². The molecule has 0 aromatic carbocycles. The maximum atomic E-state index is 11.5. The minimum absolute atomic E-state index is 0.00174. The number of amides is 3. The van der Waals surface area contributed by atoms with E-state index in [2.05, 4.69) is 0 Å². The summed E-state index contributed by atoms with van der Waals surface area (Å²) in [5.74, 6) is 0. The van der Waals surface area contributed by atoms with E-state index in [1.54, 1.807) is 34.6 Å². The monoisotopic (exact) mass is 232 g/mol. The molecule has 0 atom stereocenters. The number of hydroxylamine groups is 2. The Bertz CT molecular complexity index is 256. The van der Waals surface area contributed by atoms with Crippen LogP contribution < -0.4 is 0 Å². The fourth-order valence-electron chi connectivity index (χ4n) is 1.01. The maximum Gasteiger partial charge on any atom is 0.443 e. The molecule has 0 unspecified atom stereocenters. The molecule has 1 N–H and O–H groups in total. The first kappa shape index (κ1) is 14.7. The molecule has 0 saturated carbocycles. The van der Waals surface area contributed by atoms with Crippen LogP contribution in [0.3, 0.4) is 0 Å². The molecule has 0 bridgehead atoms. The minimum Gasteiger partial charge on any atom is -0.442 e. The van der Waals surface area contributed by atoms with E-state index in [1.165, 1.54) is 4.90 Å². The molecule has 0 aliphatic heterocycles. The van der Waals surface area contributed by atoms with Crippen molar-refractivity contribution in [1.82, 2.24) is 9.96 Å². The van der Waals surface area contributed by atoms with Gasteiger partial charge in [-0.25, -0.2) is 9.59 Å². The van der Waals surface area contributed by atoms with Crippen LogP contribution in [0.2, 0.25) is 0 Å². The van der Waals surface area contributed by atoms with Crippen LogP contribution in [0, 0.1) is 0 Å². The van der Waals surface area contributed by atoms with Crippen molar-refractivity contribution < 1.29 is 19.5 Å². The highest BCUT2D eigenvalue weighted by atomic mass is 16.6. The normalized spacial score (nSPS) is 10.9. The summed E-state index contributed by atoms with van der Waals surface area (Å²) in [4.78, 5) is 24.2. The quantitative estimate of drug-likeness (QED) is 0.584. The molecular weight excluding hydrogens is 212 g/mol. The van der Waals surface area contributed by atoms with Crippen molar-refractivity contribution in [2.75, 3.05) is 13.1 Å². The molecule has 0 radical (unpaired) electrons. The summed E-state index contributed by atoms with van der Waals surface area (Å²) in [7, 11) is 0. The van der Waals surface area contributed by atoms with E-state index in [0.717, 1.165) is 0 Å². The van der Waals surface area contributed by atoms with E-state index in [-0.39, 0.29) is 5.06 Å². The van der Waals surface area contributed by atoms with E-state index in [9.17, 15) is 14.8 Å². The lowest BCUT2D eigenvalue weighted by molar-refractivity contribution is -0.0693. The van der Waals surface area contributed by atoms with Gasteiger partial charge < -0.3 is 9.64 Å². The summed E-state index contributed by atoms with van der Waals surface area (Å²) < 4.78 is 4.85. The van der Waals surface area contributed by atoms with Crippen molar-refractivity contribution in [3.63, 3.8) is 0 Å². The molecule has 0 saturated heterocycles. The van der Waals surface area contributed by atoms with E-state index in [0.29, 0.717) is 13.1 Å². The Balaban J connectivity index is 4.49. The van der Waals surface area contributed by atoms with Crippen molar-refractivity contribution in [3.8, 4) is 0 Å². The van der Waals surface area contributed by atoms with Gasteiger partial charge in [0.15, 0.2) is 0 Å². The molecular formula is C10H20N2O4. The smallest absolute Gasteiger partial charge is 0.442 e. The number of imide groups is 1. The second kappa shape index (κ2) is 5.69. The van der Waals surface area contributed by atoms with E-state index in [4.69, 9.17) is 4.74 Å². The maximum absolute atomic E-state index is 11.5. The molecule has 16 heavy (non-hydrogen) atoms. The zero-order chi connectivity index (χ0) is 12.9. The number of urea groups is 1. The number of carbonyl (C=O) groups excluding carboxylic acids is 2. The molecule has 0 rings (SSSR count). The summed E-state index contributed by atoms with van der Waals surface area (Å²) in [5.41, 5.74) is -0.748. The Morgan fingerprint density at radius 1 is 1.19 bits per heavy atom. The lowest BCUT2D eigenvalue weighted by Crippen LogP contribution is -2.46. The lowest BCUT2D eigenvalue weighted by Gasteiger charge is -2.26. The third kappa shape index (κ3) is 4.48. The Hall–Kier alpha value is -1.30. The highest BCUT2D eigenvalue weighted by molar-refractivity contribution is 5.89. The van der Waals surface area contributed by atoms with Crippen molar-refractivity contribution in [2.24, 2.45) is 0 Å². The summed E-state index contributed by atoms with van der Waals surface area (Å²) in [6.07, 6.45) is -1.07. The van der Waals surface area contributed by atoms with Gasteiger partial charge in [-0.2, -0.15) is 0 Å². The fraction of sp³-hybridized carbons (Fsp3) is 0.800. The Labute approximate surface area is 95.7 Å². The first-order valence-corrected chi connectivity index (χ1v) is 5.23. The van der Waals surface area contributed by atoms with Crippen LogP contribution in [0.5, 0.6) is 0 Å². The SMILES string of the molecule is CCN(CC)C(=O)N(O)C(=O)OC(C)(C)C. The number of nitrogens with zero attached hydrogens (tertiary/aromatic N) is 2. The number of hydrogen-bond acceptors (Lipinski definition) is 4. The molecule has 0 heterocycles. The molecule has 0 aliphatic rings. The Kier molecular flexibility index (Phi) is 5.23. The molecule has 6 nitrogen and oxygen atoms in total. The van der Waals surface area contributed by atoms with Crippen LogP contribution >= 0.6 is 0 Å². The van der Waals surface area contributed by atoms with E-state index < -0.39 is 17.7 Å². The molecule has 0 aliphatic carbocycles. The van der Waals surface area contributed by atoms with Gasteiger partial charge in [-0.05, 0) is 34.6 Å². The van der Waals surface area contributed by atoms with Gasteiger partial charge in [0.25, 0.3) is 0 Å². The molecule has 0 spiro atoms. The van der Waals surface area contributed by atoms with Gasteiger partial charge in [-0.3, -0.25) is 5.21 Å². The van der Waals surface area contributed by atoms with E-state index in [1.807, 2.05) is 0 Å². The minimum atomic E-state index is -1.07. The van der Waals surface area contributed by atoms with Crippen molar-refractivity contribution in [1.29, 1.82) is 0 Å². The molecule has 0 fully saturated rings. The van der Waals surface area contributed by atoms with Crippen LogP contribution in [-0.2, 0) is 4.74 Å². The standard InChI is InChI=1S/C10H20N2O4/c1-6-11(7-2)8(13)12(15)9(14)16-10(3,4)5/h15H,6-7H2,1-5H3. The van der Waals surface area contributed by atoms with Gasteiger partial charge in [-0.15, -0.1) is 5.06 Å². The van der Waals surface area contributed by atoms with E-state index >= 15 is 0 Å². The summed E-state index contributed by atoms with van der Waals surface area (Å²) >= 11 is 0. The average molecular weight is 232 g/mol. The molecule has 94 valence electrons. The Morgan fingerprint density at radius 2 is 1.62 bits per heavy atom. The highest BCUT2D eigenvalue weighted by Crippen LogP contribution is 2.10. The number of hydrogen-bond donors (Lipinski definition) is 1. The number of carbonyl (C=O) groups is 2. The third-order valence-electron chi connectivity index (χ3n) is 1.78. The van der Waals surface area contributed by atoms with Gasteiger partial charge in [0.1, 0.15) is 5.60 Å².